The summed E-state index contributed by atoms with van der Waals surface area (Å²) < 4.78 is 28.0. The molecule has 22 heavy (non-hydrogen) atoms. The number of hydrogen-bond acceptors (Lipinski definition) is 5. The lowest BCUT2D eigenvalue weighted by molar-refractivity contribution is -0.147. The van der Waals surface area contributed by atoms with E-state index in [1.807, 2.05) is 0 Å². The zero-order valence-corrected chi connectivity index (χ0v) is 14.1. The van der Waals surface area contributed by atoms with Crippen LogP contribution in [-0.2, 0) is 19.4 Å². The van der Waals surface area contributed by atoms with Crippen LogP contribution in [0.4, 0.5) is 0 Å². The highest BCUT2D eigenvalue weighted by Gasteiger charge is 2.16. The summed E-state index contributed by atoms with van der Waals surface area (Å²) in [6, 6.07) is 3.97. The van der Waals surface area contributed by atoms with Crippen molar-refractivity contribution in [2.45, 2.75) is 31.3 Å². The maximum atomic E-state index is 11.9. The number of nitrogens with one attached hydrogen (secondary N) is 1. The SMILES string of the molecule is CC(C)OC(=O)CCNC(=O)c1ccc(Cl)c(S(C)(=O)=O)c1. The first kappa shape index (κ1) is 18.4. The van der Waals surface area contributed by atoms with Gasteiger partial charge in [0, 0.05) is 18.4 Å². The number of carbonyl (C=O) groups is 2. The third-order valence-electron chi connectivity index (χ3n) is 2.57. The molecule has 0 atom stereocenters. The number of ether oxygens (including phenoxy) is 1. The summed E-state index contributed by atoms with van der Waals surface area (Å²) in [5, 5.41) is 2.58. The molecule has 0 aliphatic rings. The van der Waals surface area contributed by atoms with Gasteiger partial charge in [0.25, 0.3) is 5.91 Å². The summed E-state index contributed by atoms with van der Waals surface area (Å²) in [4.78, 5) is 23.2. The van der Waals surface area contributed by atoms with Crippen LogP contribution < -0.4 is 5.32 Å². The van der Waals surface area contributed by atoms with E-state index in [1.54, 1.807) is 13.8 Å². The summed E-state index contributed by atoms with van der Waals surface area (Å²) in [6.45, 7) is 3.56. The fraction of sp³-hybridized carbons (Fsp3) is 0.429. The topological polar surface area (TPSA) is 89.5 Å². The Morgan fingerprint density at radius 3 is 2.50 bits per heavy atom. The summed E-state index contributed by atoms with van der Waals surface area (Å²) in [5.74, 6) is -0.901. The summed E-state index contributed by atoms with van der Waals surface area (Å²) in [6.07, 6.45) is 0.839. The third-order valence-corrected chi connectivity index (χ3v) is 4.15. The molecule has 1 N–H and O–H groups in total. The molecule has 0 heterocycles. The minimum atomic E-state index is -3.52. The first-order chi connectivity index (χ1) is 10.1. The molecule has 0 aliphatic heterocycles. The largest absolute Gasteiger partial charge is 0.463 e. The highest BCUT2D eigenvalue weighted by atomic mass is 35.5. The highest BCUT2D eigenvalue weighted by Crippen LogP contribution is 2.22. The van der Waals surface area contributed by atoms with E-state index < -0.39 is 21.7 Å². The Labute approximate surface area is 134 Å². The predicted molar refractivity (Wildman–Crippen MR) is 82.7 cm³/mol. The molecule has 0 aliphatic carbocycles. The van der Waals surface area contributed by atoms with E-state index in [1.165, 1.54) is 18.2 Å². The highest BCUT2D eigenvalue weighted by molar-refractivity contribution is 7.90. The van der Waals surface area contributed by atoms with E-state index in [9.17, 15) is 18.0 Å². The summed E-state index contributed by atoms with van der Waals surface area (Å²) in [5.41, 5.74) is 0.155. The first-order valence-corrected chi connectivity index (χ1v) is 8.85. The normalized spacial score (nSPS) is 11.3. The van der Waals surface area contributed by atoms with E-state index in [0.717, 1.165) is 6.26 Å². The van der Waals surface area contributed by atoms with Gasteiger partial charge < -0.3 is 10.1 Å². The fourth-order valence-corrected chi connectivity index (χ4v) is 2.93. The van der Waals surface area contributed by atoms with E-state index in [-0.39, 0.29) is 34.6 Å². The molecule has 0 spiro atoms. The monoisotopic (exact) mass is 347 g/mol. The van der Waals surface area contributed by atoms with E-state index in [0.29, 0.717) is 0 Å². The van der Waals surface area contributed by atoms with Crippen molar-refractivity contribution in [3.05, 3.63) is 28.8 Å². The summed E-state index contributed by atoms with van der Waals surface area (Å²) >= 11 is 5.81. The molecule has 0 bridgehead atoms. The molecule has 0 fully saturated rings. The Balaban J connectivity index is 2.69. The Morgan fingerprint density at radius 1 is 1.32 bits per heavy atom. The van der Waals surface area contributed by atoms with Crippen molar-refractivity contribution in [3.8, 4) is 0 Å². The molecule has 0 unspecified atom stereocenters. The van der Waals surface area contributed by atoms with Crippen LogP contribution in [0.1, 0.15) is 30.6 Å². The Hall–Kier alpha value is -1.60. The molecule has 1 aromatic rings. The number of hydrogen-bond donors (Lipinski definition) is 1. The van der Waals surface area contributed by atoms with Gasteiger partial charge >= 0.3 is 5.97 Å². The Morgan fingerprint density at radius 2 is 1.95 bits per heavy atom. The van der Waals surface area contributed by atoms with Crippen LogP contribution in [0.3, 0.4) is 0 Å². The van der Waals surface area contributed by atoms with Gasteiger partial charge in [-0.2, -0.15) is 0 Å². The molecule has 1 rings (SSSR count). The molecule has 0 aromatic heterocycles. The smallest absolute Gasteiger partial charge is 0.307 e. The van der Waals surface area contributed by atoms with Crippen LogP contribution >= 0.6 is 11.6 Å². The van der Waals surface area contributed by atoms with Gasteiger partial charge in [-0.05, 0) is 32.0 Å². The minimum Gasteiger partial charge on any atom is -0.463 e. The van der Waals surface area contributed by atoms with Crippen LogP contribution in [0, 0.1) is 0 Å². The van der Waals surface area contributed by atoms with Gasteiger partial charge in [-0.25, -0.2) is 8.42 Å². The van der Waals surface area contributed by atoms with Crippen LogP contribution in [0.15, 0.2) is 23.1 Å². The second kappa shape index (κ2) is 7.60. The van der Waals surface area contributed by atoms with Gasteiger partial charge in [-0.1, -0.05) is 11.6 Å². The number of sulfone groups is 1. The molecule has 1 aromatic carbocycles. The number of halogens is 1. The molecule has 122 valence electrons. The fourth-order valence-electron chi connectivity index (χ4n) is 1.63. The molecule has 1 amide bonds. The number of esters is 1. The van der Waals surface area contributed by atoms with Gasteiger partial charge in [0.05, 0.1) is 22.4 Å². The predicted octanol–water partition coefficient (Wildman–Crippen LogP) is 1.82. The van der Waals surface area contributed by atoms with Gasteiger partial charge in [0.15, 0.2) is 9.84 Å². The zero-order valence-electron chi connectivity index (χ0n) is 12.6. The first-order valence-electron chi connectivity index (χ1n) is 6.58. The molecular formula is C14H18ClNO5S. The molecule has 0 saturated carbocycles. The molecule has 0 saturated heterocycles. The lowest BCUT2D eigenvalue weighted by atomic mass is 10.2. The second-order valence-corrected chi connectivity index (χ2v) is 7.35. The van der Waals surface area contributed by atoms with Crippen LogP contribution in [0.25, 0.3) is 0 Å². The molecule has 8 heteroatoms. The van der Waals surface area contributed by atoms with Crippen molar-refractivity contribution < 1.29 is 22.7 Å². The van der Waals surface area contributed by atoms with Crippen molar-refractivity contribution in [3.63, 3.8) is 0 Å². The number of amides is 1. The van der Waals surface area contributed by atoms with Crippen molar-refractivity contribution in [1.82, 2.24) is 5.32 Å². The number of benzene rings is 1. The van der Waals surface area contributed by atoms with E-state index in [2.05, 4.69) is 5.32 Å². The van der Waals surface area contributed by atoms with Crippen LogP contribution in [0.5, 0.6) is 0 Å². The standard InChI is InChI=1S/C14H18ClNO5S/c1-9(2)21-13(17)6-7-16-14(18)10-4-5-11(15)12(8-10)22(3,19)20/h4-5,8-9H,6-7H2,1-3H3,(H,16,18). The summed E-state index contributed by atoms with van der Waals surface area (Å²) in [7, 11) is -3.52. The van der Waals surface area contributed by atoms with Crippen molar-refractivity contribution >= 4 is 33.3 Å². The Kier molecular flexibility index (Phi) is 6.37. The quantitative estimate of drug-likeness (QED) is 0.793. The molecule has 0 radical (unpaired) electrons. The molecular weight excluding hydrogens is 330 g/mol. The van der Waals surface area contributed by atoms with E-state index >= 15 is 0 Å². The number of carbonyl (C=O) groups excluding carboxylic acids is 2. The average Bonchev–Trinajstić information content (AvgIpc) is 2.36. The van der Waals surface area contributed by atoms with Gasteiger partial charge in [0.2, 0.25) is 0 Å². The lowest BCUT2D eigenvalue weighted by Gasteiger charge is -2.09. The number of rotatable bonds is 6. The van der Waals surface area contributed by atoms with Crippen LogP contribution in [0.2, 0.25) is 5.02 Å². The van der Waals surface area contributed by atoms with Gasteiger partial charge in [-0.3, -0.25) is 9.59 Å². The maximum absolute atomic E-state index is 11.9. The average molecular weight is 348 g/mol. The van der Waals surface area contributed by atoms with Crippen molar-refractivity contribution in [1.29, 1.82) is 0 Å². The Bertz CT molecular complexity index is 670. The maximum Gasteiger partial charge on any atom is 0.307 e. The van der Waals surface area contributed by atoms with Crippen molar-refractivity contribution in [2.24, 2.45) is 0 Å². The van der Waals surface area contributed by atoms with Gasteiger partial charge in [0.1, 0.15) is 0 Å². The van der Waals surface area contributed by atoms with Gasteiger partial charge in [-0.15, -0.1) is 0 Å². The third kappa shape index (κ3) is 5.65. The van der Waals surface area contributed by atoms with Crippen LogP contribution in [-0.4, -0.2) is 39.2 Å². The van der Waals surface area contributed by atoms with E-state index in [4.69, 9.17) is 16.3 Å². The molecule has 6 nitrogen and oxygen atoms in total. The zero-order chi connectivity index (χ0) is 16.9. The lowest BCUT2D eigenvalue weighted by Crippen LogP contribution is -2.27. The minimum absolute atomic E-state index is 0.0381. The van der Waals surface area contributed by atoms with Crippen molar-refractivity contribution in [2.75, 3.05) is 12.8 Å². The second-order valence-electron chi connectivity index (χ2n) is 4.96.